The fraction of sp³-hybridized carbons (Fsp3) is 0.286. The number of rotatable bonds is 2. The molecule has 0 aliphatic rings. The van der Waals surface area contributed by atoms with E-state index in [1.807, 2.05) is 0 Å². The molecule has 2 nitrogen and oxygen atoms in total. The molecule has 13 heavy (non-hydrogen) atoms. The molecule has 0 N–H and O–H groups in total. The zero-order chi connectivity index (χ0) is 10.0. The molecule has 0 aromatic carbocycles. The molecule has 1 heterocycles. The summed E-state index contributed by atoms with van der Waals surface area (Å²) in [6, 6.07) is 0. The second-order valence-electron chi connectivity index (χ2n) is 2.14. The van der Waals surface area contributed by atoms with Crippen LogP contribution in [0.25, 0.3) is 0 Å². The maximum absolute atomic E-state index is 12.8. The molecular weight excluding hydrogens is 207 g/mol. The van der Waals surface area contributed by atoms with E-state index >= 15 is 0 Å². The van der Waals surface area contributed by atoms with Crippen molar-refractivity contribution in [2.24, 2.45) is 0 Å². The standard InChI is InChI=1S/C7H5ClF3NO/c1-13-6-3(9)2-12-5(4(6)8)7(10)11/h2,7H,1H3. The van der Waals surface area contributed by atoms with Crippen LogP contribution in [0.2, 0.25) is 5.02 Å². The Labute approximate surface area is 77.3 Å². The van der Waals surface area contributed by atoms with Crippen molar-refractivity contribution in [3.05, 3.63) is 22.7 Å². The molecule has 72 valence electrons. The van der Waals surface area contributed by atoms with Gasteiger partial charge >= 0.3 is 0 Å². The summed E-state index contributed by atoms with van der Waals surface area (Å²) in [4.78, 5) is 3.15. The number of ether oxygens (including phenoxy) is 1. The van der Waals surface area contributed by atoms with Crippen molar-refractivity contribution in [2.45, 2.75) is 6.43 Å². The molecule has 0 radical (unpaired) electrons. The van der Waals surface area contributed by atoms with Crippen molar-refractivity contribution in [3.8, 4) is 5.75 Å². The highest BCUT2D eigenvalue weighted by Crippen LogP contribution is 2.34. The van der Waals surface area contributed by atoms with Gasteiger partial charge < -0.3 is 4.74 Å². The van der Waals surface area contributed by atoms with E-state index in [9.17, 15) is 13.2 Å². The van der Waals surface area contributed by atoms with Crippen LogP contribution in [-0.2, 0) is 0 Å². The largest absolute Gasteiger partial charge is 0.492 e. The monoisotopic (exact) mass is 211 g/mol. The minimum atomic E-state index is -2.85. The Morgan fingerprint density at radius 1 is 1.54 bits per heavy atom. The quantitative estimate of drug-likeness (QED) is 0.751. The van der Waals surface area contributed by atoms with Crippen molar-refractivity contribution in [1.29, 1.82) is 0 Å². The molecule has 0 spiro atoms. The van der Waals surface area contributed by atoms with Gasteiger partial charge in [0, 0.05) is 0 Å². The van der Waals surface area contributed by atoms with E-state index in [2.05, 4.69) is 9.72 Å². The molecule has 0 amide bonds. The van der Waals surface area contributed by atoms with E-state index in [-0.39, 0.29) is 0 Å². The van der Waals surface area contributed by atoms with Gasteiger partial charge in [0.05, 0.1) is 13.3 Å². The maximum Gasteiger partial charge on any atom is 0.281 e. The lowest BCUT2D eigenvalue weighted by Crippen LogP contribution is -1.97. The van der Waals surface area contributed by atoms with Gasteiger partial charge in [-0.2, -0.15) is 0 Å². The van der Waals surface area contributed by atoms with E-state index < -0.39 is 28.7 Å². The van der Waals surface area contributed by atoms with Crippen LogP contribution < -0.4 is 4.74 Å². The number of halogens is 4. The average Bonchev–Trinajstić information content (AvgIpc) is 2.04. The maximum atomic E-state index is 12.8. The second kappa shape index (κ2) is 3.83. The zero-order valence-electron chi connectivity index (χ0n) is 6.52. The summed E-state index contributed by atoms with van der Waals surface area (Å²) in [5, 5.41) is -0.488. The van der Waals surface area contributed by atoms with Crippen molar-refractivity contribution >= 4 is 11.6 Å². The summed E-state index contributed by atoms with van der Waals surface area (Å²) >= 11 is 5.40. The molecule has 0 saturated heterocycles. The third-order valence-corrected chi connectivity index (χ3v) is 1.73. The molecule has 0 aliphatic carbocycles. The smallest absolute Gasteiger partial charge is 0.281 e. The number of alkyl halides is 2. The first-order valence-electron chi connectivity index (χ1n) is 3.24. The molecule has 1 rings (SSSR count). The Balaban J connectivity index is 3.27. The summed E-state index contributed by atoms with van der Waals surface area (Å²) in [7, 11) is 1.14. The van der Waals surface area contributed by atoms with Gasteiger partial charge in [0.25, 0.3) is 6.43 Å². The van der Waals surface area contributed by atoms with Gasteiger partial charge in [0.2, 0.25) is 0 Å². The van der Waals surface area contributed by atoms with E-state index in [4.69, 9.17) is 11.6 Å². The van der Waals surface area contributed by atoms with Crippen LogP contribution in [-0.4, -0.2) is 12.1 Å². The summed E-state index contributed by atoms with van der Waals surface area (Å²) in [6.07, 6.45) is -2.20. The number of hydrogen-bond acceptors (Lipinski definition) is 2. The molecule has 0 fully saturated rings. The molecule has 1 aromatic rings. The third kappa shape index (κ3) is 1.85. The van der Waals surface area contributed by atoms with E-state index in [1.54, 1.807) is 0 Å². The predicted molar refractivity (Wildman–Crippen MR) is 40.7 cm³/mol. The predicted octanol–water partition coefficient (Wildman–Crippen LogP) is 2.82. The normalized spacial score (nSPS) is 10.6. The highest BCUT2D eigenvalue weighted by atomic mass is 35.5. The lowest BCUT2D eigenvalue weighted by atomic mass is 10.3. The SMILES string of the molecule is COc1c(F)cnc(C(F)F)c1Cl. The van der Waals surface area contributed by atoms with Crippen LogP contribution in [0.5, 0.6) is 5.75 Å². The van der Waals surface area contributed by atoms with Gasteiger partial charge in [-0.3, -0.25) is 4.98 Å². The lowest BCUT2D eigenvalue weighted by molar-refractivity contribution is 0.145. The van der Waals surface area contributed by atoms with Crippen LogP contribution in [0.15, 0.2) is 6.20 Å². The summed E-state index contributed by atoms with van der Waals surface area (Å²) in [6.45, 7) is 0. The number of aromatic nitrogens is 1. The van der Waals surface area contributed by atoms with Crippen molar-refractivity contribution < 1.29 is 17.9 Å². The molecule has 0 unspecified atom stereocenters. The average molecular weight is 212 g/mol. The van der Waals surface area contributed by atoms with Crippen LogP contribution in [0.4, 0.5) is 13.2 Å². The fourth-order valence-corrected chi connectivity index (χ4v) is 1.10. The Morgan fingerprint density at radius 2 is 2.15 bits per heavy atom. The third-order valence-electron chi connectivity index (χ3n) is 1.37. The Hall–Kier alpha value is -0.970. The number of pyridine rings is 1. The van der Waals surface area contributed by atoms with Crippen LogP contribution in [0.3, 0.4) is 0 Å². The molecule has 0 atom stereocenters. The first-order chi connectivity index (χ1) is 6.07. The van der Waals surface area contributed by atoms with Gasteiger partial charge in [-0.1, -0.05) is 11.6 Å². The zero-order valence-corrected chi connectivity index (χ0v) is 7.28. The van der Waals surface area contributed by atoms with Crippen molar-refractivity contribution in [2.75, 3.05) is 7.11 Å². The van der Waals surface area contributed by atoms with E-state index in [0.29, 0.717) is 6.20 Å². The van der Waals surface area contributed by atoms with E-state index in [1.165, 1.54) is 0 Å². The molecule has 0 bridgehead atoms. The minimum Gasteiger partial charge on any atom is -0.492 e. The van der Waals surface area contributed by atoms with Gasteiger partial charge in [0.15, 0.2) is 11.6 Å². The highest BCUT2D eigenvalue weighted by Gasteiger charge is 2.20. The lowest BCUT2D eigenvalue weighted by Gasteiger charge is -2.07. The highest BCUT2D eigenvalue weighted by molar-refractivity contribution is 6.32. The Kier molecular flexibility index (Phi) is 2.98. The number of hydrogen-bond donors (Lipinski definition) is 0. The number of methoxy groups -OCH3 is 1. The minimum absolute atomic E-state index is 0.410. The van der Waals surface area contributed by atoms with Gasteiger partial charge in [0.1, 0.15) is 10.7 Å². The summed E-state index contributed by atoms with van der Waals surface area (Å²) in [5.74, 6) is -1.27. The van der Waals surface area contributed by atoms with Gasteiger partial charge in [-0.15, -0.1) is 0 Å². The topological polar surface area (TPSA) is 22.1 Å². The van der Waals surface area contributed by atoms with Crippen LogP contribution >= 0.6 is 11.6 Å². The molecular formula is C7H5ClF3NO. The van der Waals surface area contributed by atoms with Gasteiger partial charge in [-0.05, 0) is 0 Å². The summed E-state index contributed by atoms with van der Waals surface area (Å²) < 4.78 is 41.6. The molecule has 1 aromatic heterocycles. The van der Waals surface area contributed by atoms with Gasteiger partial charge in [-0.25, -0.2) is 13.2 Å². The second-order valence-corrected chi connectivity index (χ2v) is 2.52. The number of nitrogens with zero attached hydrogens (tertiary/aromatic N) is 1. The Bertz CT molecular complexity index is 319. The van der Waals surface area contributed by atoms with Crippen LogP contribution in [0.1, 0.15) is 12.1 Å². The first-order valence-corrected chi connectivity index (χ1v) is 3.61. The molecule has 0 saturated carbocycles. The molecule has 0 aliphatic heterocycles. The molecule has 6 heteroatoms. The fourth-order valence-electron chi connectivity index (χ4n) is 0.802. The van der Waals surface area contributed by atoms with Crippen molar-refractivity contribution in [1.82, 2.24) is 4.98 Å². The van der Waals surface area contributed by atoms with E-state index in [0.717, 1.165) is 7.11 Å². The first kappa shape index (κ1) is 10.1. The summed E-state index contributed by atoms with van der Waals surface area (Å²) in [5.41, 5.74) is -0.681. The Morgan fingerprint density at radius 3 is 2.62 bits per heavy atom. The van der Waals surface area contributed by atoms with Crippen molar-refractivity contribution in [3.63, 3.8) is 0 Å². The van der Waals surface area contributed by atoms with Crippen LogP contribution in [0, 0.1) is 5.82 Å².